The number of allylic oxidation sites excluding steroid dienone is 2. The van der Waals surface area contributed by atoms with Crippen molar-refractivity contribution in [2.75, 3.05) is 4.90 Å². The Hall–Kier alpha value is -7.82. The summed E-state index contributed by atoms with van der Waals surface area (Å²) in [4.78, 5) is 2.56. The third kappa shape index (κ3) is 4.67. The molecule has 3 aromatic heterocycles. The van der Waals surface area contributed by atoms with Crippen LogP contribution in [0.3, 0.4) is 0 Å². The standard InChI is InChI=1S/C56H38N4/c1-3-17-37(18-4-1)57-50-28-14-9-23-45(50)55-46-24-10-15-29-51(46)60(56(55)47-25-11-16-30-52(47)57)40-32-34-44-43-33-31-39(35-53(43)58(54(44)36-40)38-19-5-2-6-20-38)59-48-26-12-7-21-41(48)42-22-8-13-27-49(42)59/h1-17,19-37H,18H2. The second kappa shape index (κ2) is 12.8. The summed E-state index contributed by atoms with van der Waals surface area (Å²) in [5.41, 5.74) is 16.8. The predicted octanol–water partition coefficient (Wildman–Crippen LogP) is 14.5. The Kier molecular flexibility index (Phi) is 7.10. The van der Waals surface area contributed by atoms with Crippen molar-refractivity contribution < 1.29 is 0 Å². The highest BCUT2D eigenvalue weighted by Crippen LogP contribution is 2.53. The Morgan fingerprint density at radius 1 is 0.367 bits per heavy atom. The molecule has 0 fully saturated rings. The molecule has 0 bridgehead atoms. The van der Waals surface area contributed by atoms with Crippen LogP contribution >= 0.6 is 0 Å². The average Bonchev–Trinajstić information content (AvgIpc) is 3.92. The highest BCUT2D eigenvalue weighted by molar-refractivity contribution is 6.14. The quantitative estimate of drug-likeness (QED) is 0.174. The lowest BCUT2D eigenvalue weighted by molar-refractivity contribution is 0.787. The fourth-order valence-electron chi connectivity index (χ4n) is 10.4. The fraction of sp³-hybridized carbons (Fsp3) is 0.0357. The maximum atomic E-state index is 2.56. The van der Waals surface area contributed by atoms with E-state index < -0.39 is 0 Å². The number of para-hydroxylation sites is 6. The zero-order valence-corrected chi connectivity index (χ0v) is 32.8. The van der Waals surface area contributed by atoms with E-state index >= 15 is 0 Å². The first kappa shape index (κ1) is 33.2. The van der Waals surface area contributed by atoms with Gasteiger partial charge in [0.2, 0.25) is 0 Å². The number of hydrogen-bond donors (Lipinski definition) is 0. The number of anilines is 2. The van der Waals surface area contributed by atoms with Crippen LogP contribution < -0.4 is 4.90 Å². The van der Waals surface area contributed by atoms with Crippen LogP contribution in [0.15, 0.2) is 212 Å². The smallest absolute Gasteiger partial charge is 0.0641 e. The van der Waals surface area contributed by atoms with Gasteiger partial charge in [-0.3, -0.25) is 0 Å². The number of rotatable bonds is 4. The molecule has 0 N–H and O–H groups in total. The summed E-state index contributed by atoms with van der Waals surface area (Å²) in [7, 11) is 0. The summed E-state index contributed by atoms with van der Waals surface area (Å²) < 4.78 is 7.40. The van der Waals surface area contributed by atoms with Crippen molar-refractivity contribution in [1.29, 1.82) is 0 Å². The van der Waals surface area contributed by atoms with Crippen LogP contribution in [0.2, 0.25) is 0 Å². The molecule has 1 aliphatic heterocycles. The van der Waals surface area contributed by atoms with Gasteiger partial charge in [-0.05, 0) is 73.2 Å². The Labute approximate surface area is 347 Å². The molecule has 0 saturated heterocycles. The Balaban J connectivity index is 1.10. The molecule has 4 heteroatoms. The van der Waals surface area contributed by atoms with Gasteiger partial charge in [0.05, 0.1) is 45.0 Å². The molecular formula is C56H38N4. The zero-order valence-electron chi connectivity index (χ0n) is 32.8. The molecule has 0 spiro atoms. The van der Waals surface area contributed by atoms with E-state index in [9.17, 15) is 0 Å². The lowest BCUT2D eigenvalue weighted by Crippen LogP contribution is -2.30. The summed E-state index contributed by atoms with van der Waals surface area (Å²) >= 11 is 0. The zero-order chi connectivity index (χ0) is 39.3. The molecule has 1 aliphatic carbocycles. The van der Waals surface area contributed by atoms with E-state index in [1.165, 1.54) is 88.3 Å². The largest absolute Gasteiger partial charge is 0.333 e. The molecule has 1 unspecified atom stereocenters. The monoisotopic (exact) mass is 766 g/mol. The first-order valence-corrected chi connectivity index (χ1v) is 20.9. The highest BCUT2D eigenvalue weighted by atomic mass is 15.2. The van der Waals surface area contributed by atoms with Gasteiger partial charge in [-0.1, -0.05) is 146 Å². The number of aromatic nitrogens is 3. The van der Waals surface area contributed by atoms with E-state index in [1.54, 1.807) is 0 Å². The van der Waals surface area contributed by atoms with Crippen LogP contribution in [0.1, 0.15) is 6.42 Å². The third-order valence-corrected chi connectivity index (χ3v) is 12.9. The van der Waals surface area contributed by atoms with Gasteiger partial charge < -0.3 is 18.6 Å². The molecule has 0 radical (unpaired) electrons. The second-order valence-electron chi connectivity index (χ2n) is 16.0. The van der Waals surface area contributed by atoms with Crippen LogP contribution in [-0.4, -0.2) is 19.7 Å². The van der Waals surface area contributed by atoms with Gasteiger partial charge in [0.25, 0.3) is 0 Å². The predicted molar refractivity (Wildman–Crippen MR) is 252 cm³/mol. The lowest BCUT2D eigenvalue weighted by atomic mass is 9.98. The minimum atomic E-state index is 0.200. The Bertz CT molecular complexity index is 3540. The topological polar surface area (TPSA) is 18.0 Å². The third-order valence-electron chi connectivity index (χ3n) is 12.9. The summed E-state index contributed by atoms with van der Waals surface area (Å²) in [6.07, 6.45) is 9.94. The second-order valence-corrected chi connectivity index (χ2v) is 16.0. The van der Waals surface area contributed by atoms with Gasteiger partial charge in [-0.15, -0.1) is 0 Å². The van der Waals surface area contributed by atoms with Gasteiger partial charge in [0.15, 0.2) is 0 Å². The van der Waals surface area contributed by atoms with E-state index in [0.29, 0.717) is 0 Å². The van der Waals surface area contributed by atoms with Crippen LogP contribution in [0.25, 0.3) is 94.0 Å². The first-order chi connectivity index (χ1) is 29.8. The molecule has 2 aliphatic rings. The molecule has 13 rings (SSSR count). The van der Waals surface area contributed by atoms with Crippen LogP contribution in [-0.2, 0) is 0 Å². The summed E-state index contributed by atoms with van der Waals surface area (Å²) in [6.45, 7) is 0. The van der Waals surface area contributed by atoms with E-state index in [4.69, 9.17) is 0 Å². The molecule has 60 heavy (non-hydrogen) atoms. The molecule has 4 nitrogen and oxygen atoms in total. The Morgan fingerprint density at radius 2 is 0.867 bits per heavy atom. The summed E-state index contributed by atoms with van der Waals surface area (Å²) in [6, 6.07) is 69.6. The minimum Gasteiger partial charge on any atom is -0.333 e. The molecule has 0 saturated carbocycles. The van der Waals surface area contributed by atoms with Gasteiger partial charge in [-0.25, -0.2) is 0 Å². The Morgan fingerprint density at radius 3 is 1.52 bits per heavy atom. The summed E-state index contributed by atoms with van der Waals surface area (Å²) in [5.74, 6) is 0. The molecule has 8 aromatic carbocycles. The van der Waals surface area contributed by atoms with Gasteiger partial charge in [0, 0.05) is 66.4 Å². The lowest BCUT2D eigenvalue weighted by Gasteiger charge is -2.34. The maximum Gasteiger partial charge on any atom is 0.0641 e. The van der Waals surface area contributed by atoms with Crippen LogP contribution in [0.5, 0.6) is 0 Å². The number of nitrogens with zero attached hydrogens (tertiary/aromatic N) is 4. The molecule has 4 heterocycles. The average molecular weight is 767 g/mol. The summed E-state index contributed by atoms with van der Waals surface area (Å²) in [5, 5.41) is 6.22. The van der Waals surface area contributed by atoms with Crippen molar-refractivity contribution >= 4 is 65.9 Å². The molecule has 11 aromatic rings. The van der Waals surface area contributed by atoms with Gasteiger partial charge >= 0.3 is 0 Å². The van der Waals surface area contributed by atoms with E-state index in [-0.39, 0.29) is 6.04 Å². The van der Waals surface area contributed by atoms with E-state index in [2.05, 4.69) is 231 Å². The molecule has 282 valence electrons. The molecule has 1 atom stereocenters. The first-order valence-electron chi connectivity index (χ1n) is 20.9. The SMILES string of the molecule is C1=CCC(N2c3ccccc3-c3c(n(-c4ccc5c6ccc(-n7c8ccccc8c8ccccc87)cc6n(-c6ccccc6)c5c4)c4ccccc34)-c3ccccc32)C=C1. The fourth-order valence-corrected chi connectivity index (χ4v) is 10.4. The van der Waals surface area contributed by atoms with Crippen molar-refractivity contribution in [2.45, 2.75) is 12.5 Å². The van der Waals surface area contributed by atoms with Crippen LogP contribution in [0, 0.1) is 0 Å². The van der Waals surface area contributed by atoms with Crippen molar-refractivity contribution in [2.24, 2.45) is 0 Å². The number of benzene rings is 8. The maximum absolute atomic E-state index is 2.56. The van der Waals surface area contributed by atoms with Gasteiger partial charge in [0.1, 0.15) is 0 Å². The highest BCUT2D eigenvalue weighted by Gasteiger charge is 2.33. The van der Waals surface area contributed by atoms with Crippen LogP contribution in [0.4, 0.5) is 11.4 Å². The van der Waals surface area contributed by atoms with Crippen molar-refractivity contribution in [3.63, 3.8) is 0 Å². The molecule has 0 amide bonds. The van der Waals surface area contributed by atoms with E-state index in [0.717, 1.165) is 23.5 Å². The number of hydrogen-bond acceptors (Lipinski definition) is 1. The number of fused-ring (bicyclic) bond motifs is 13. The van der Waals surface area contributed by atoms with Crippen molar-refractivity contribution in [1.82, 2.24) is 13.7 Å². The van der Waals surface area contributed by atoms with E-state index in [1.807, 2.05) is 0 Å². The normalized spacial score (nSPS) is 14.6. The van der Waals surface area contributed by atoms with Gasteiger partial charge in [-0.2, -0.15) is 0 Å². The molecular weight excluding hydrogens is 729 g/mol. The van der Waals surface area contributed by atoms with Crippen molar-refractivity contribution in [3.05, 3.63) is 212 Å². The van der Waals surface area contributed by atoms with Crippen molar-refractivity contribution in [3.8, 4) is 39.4 Å². The minimum absolute atomic E-state index is 0.200.